The van der Waals surface area contributed by atoms with Crippen molar-refractivity contribution in [2.75, 3.05) is 13.2 Å². The summed E-state index contributed by atoms with van der Waals surface area (Å²) >= 11 is 12.5. The Labute approximate surface area is 280 Å². The van der Waals surface area contributed by atoms with E-state index in [0.717, 1.165) is 64.6 Å². The van der Waals surface area contributed by atoms with Crippen LogP contribution in [0.5, 0.6) is 0 Å². The van der Waals surface area contributed by atoms with Crippen molar-refractivity contribution in [3.05, 3.63) is 0 Å². The summed E-state index contributed by atoms with van der Waals surface area (Å²) in [6.45, 7) is 19.8. The van der Waals surface area contributed by atoms with E-state index in [4.69, 9.17) is 37.4 Å². The average molecular weight is 652 g/mol. The largest absolute Gasteiger partial charge is 0.353 e. The topological polar surface area (TPSA) is 27.7 Å². The molecule has 0 fully saturated rings. The smallest absolute Gasteiger partial charge is 0.160 e. The lowest BCUT2D eigenvalue weighted by atomic mass is 9.90. The van der Waals surface area contributed by atoms with Gasteiger partial charge in [0.1, 0.15) is 0 Å². The molecule has 8 unspecified atom stereocenters. The Hall–Kier alpha value is 0.460. The van der Waals surface area contributed by atoms with Crippen LogP contribution in [0.2, 0.25) is 0 Å². The molecule has 0 aliphatic carbocycles. The van der Waals surface area contributed by atoms with Gasteiger partial charge in [-0.3, -0.25) is 0 Å². The van der Waals surface area contributed by atoms with Gasteiger partial charge in [0.05, 0.1) is 0 Å². The quantitative estimate of drug-likeness (QED) is 0.0411. The fourth-order valence-electron chi connectivity index (χ4n) is 6.57. The van der Waals surface area contributed by atoms with Gasteiger partial charge in [-0.2, -0.15) is 0 Å². The Kier molecular flexibility index (Phi) is 30.2. The molecule has 0 aliphatic rings. The lowest BCUT2D eigenvalue weighted by molar-refractivity contribution is -0.250. The van der Waals surface area contributed by atoms with Gasteiger partial charge in [0.25, 0.3) is 0 Å². The highest BCUT2D eigenvalue weighted by Crippen LogP contribution is 2.26. The molecule has 0 aromatic rings. The highest BCUT2D eigenvalue weighted by Gasteiger charge is 2.20. The zero-order valence-corrected chi connectivity index (χ0v) is 31.7. The normalized spacial score (nSPS) is 17.7. The third-order valence-corrected chi connectivity index (χ3v) is 9.10. The zero-order chi connectivity index (χ0) is 32.3. The van der Waals surface area contributed by atoms with Gasteiger partial charge in [0, 0.05) is 24.0 Å². The van der Waals surface area contributed by atoms with Crippen LogP contribution in [0.1, 0.15) is 184 Å². The second-order valence-electron chi connectivity index (χ2n) is 14.4. The summed E-state index contributed by atoms with van der Waals surface area (Å²) in [5.41, 5.74) is 0. The molecule has 3 nitrogen and oxygen atoms in total. The lowest BCUT2D eigenvalue weighted by Crippen LogP contribution is -2.28. The molecule has 0 aliphatic heterocycles. The molecule has 8 atom stereocenters. The molecule has 0 aromatic carbocycles. The summed E-state index contributed by atoms with van der Waals surface area (Å²) in [6, 6.07) is 0. The molecule has 0 saturated carbocycles. The van der Waals surface area contributed by atoms with Gasteiger partial charge in [0.15, 0.2) is 12.6 Å². The van der Waals surface area contributed by atoms with Crippen molar-refractivity contribution < 1.29 is 14.2 Å². The maximum absolute atomic E-state index is 6.66. The van der Waals surface area contributed by atoms with E-state index in [1.54, 1.807) is 0 Å². The fraction of sp³-hybridized carbons (Fsp3) is 1.00. The minimum Gasteiger partial charge on any atom is -0.353 e. The van der Waals surface area contributed by atoms with Gasteiger partial charge in [0.2, 0.25) is 0 Å². The molecule has 0 radical (unpaired) electrons. The first-order chi connectivity index (χ1) is 20.6. The van der Waals surface area contributed by atoms with E-state index in [9.17, 15) is 0 Å². The van der Waals surface area contributed by atoms with Crippen LogP contribution in [0.25, 0.3) is 0 Å². The summed E-state index contributed by atoms with van der Waals surface area (Å²) in [5, 5.41) is 0.519. The minimum absolute atomic E-state index is 0.175. The molecule has 0 amide bonds. The summed E-state index contributed by atoms with van der Waals surface area (Å²) in [7, 11) is 0. The van der Waals surface area contributed by atoms with E-state index >= 15 is 0 Å². The number of rotatable bonds is 32. The third-order valence-electron chi connectivity index (χ3n) is 8.74. The number of hydrogen-bond acceptors (Lipinski definition) is 3. The van der Waals surface area contributed by atoms with Crippen molar-refractivity contribution in [2.24, 2.45) is 23.7 Å². The van der Waals surface area contributed by atoms with Crippen LogP contribution in [0, 0.1) is 23.7 Å². The number of halogens is 2. The number of ether oxygens (including phenoxy) is 3. The van der Waals surface area contributed by atoms with Crippen LogP contribution in [0.4, 0.5) is 0 Å². The van der Waals surface area contributed by atoms with Crippen molar-refractivity contribution in [1.29, 1.82) is 0 Å². The van der Waals surface area contributed by atoms with Crippen molar-refractivity contribution >= 4 is 23.2 Å². The maximum atomic E-state index is 6.66. The average Bonchev–Trinajstić information content (AvgIpc) is 2.91. The second-order valence-corrected chi connectivity index (χ2v) is 15.8. The maximum Gasteiger partial charge on any atom is 0.160 e. The predicted octanol–water partition coefficient (Wildman–Crippen LogP) is 13.3. The Morgan fingerprint density at radius 3 is 1.14 bits per heavy atom. The molecule has 0 rings (SSSR count). The van der Waals surface area contributed by atoms with Crippen molar-refractivity contribution in [1.82, 2.24) is 0 Å². The van der Waals surface area contributed by atoms with Gasteiger partial charge < -0.3 is 14.2 Å². The Morgan fingerprint density at radius 1 is 0.419 bits per heavy atom. The Morgan fingerprint density at radius 2 is 0.791 bits per heavy atom. The lowest BCUT2D eigenvalue weighted by Gasteiger charge is -2.27. The van der Waals surface area contributed by atoms with Gasteiger partial charge in [-0.15, -0.1) is 23.2 Å². The monoisotopic (exact) mass is 651 g/mol. The molecule has 260 valence electrons. The second kappa shape index (κ2) is 29.8. The number of hydrogen-bond donors (Lipinski definition) is 0. The Bertz CT molecular complexity index is 525. The molecule has 0 aromatic heterocycles. The number of unbranched alkanes of at least 4 members (excludes halogenated alkanes) is 8. The van der Waals surface area contributed by atoms with Crippen LogP contribution in [0.3, 0.4) is 0 Å². The van der Waals surface area contributed by atoms with Crippen LogP contribution in [-0.4, -0.2) is 36.5 Å². The highest BCUT2D eigenvalue weighted by atomic mass is 35.5. The first-order valence-electron chi connectivity index (χ1n) is 18.7. The summed E-state index contributed by atoms with van der Waals surface area (Å²) < 4.78 is 19.5. The first-order valence-corrected chi connectivity index (χ1v) is 19.6. The summed E-state index contributed by atoms with van der Waals surface area (Å²) in [6.07, 6.45) is 23.4. The Balaban J connectivity index is 5.04. The van der Waals surface area contributed by atoms with Crippen LogP contribution < -0.4 is 0 Å². The van der Waals surface area contributed by atoms with E-state index in [0.29, 0.717) is 23.7 Å². The van der Waals surface area contributed by atoms with Crippen LogP contribution in [0.15, 0.2) is 0 Å². The molecule has 0 heterocycles. The van der Waals surface area contributed by atoms with Crippen molar-refractivity contribution in [3.8, 4) is 0 Å². The van der Waals surface area contributed by atoms with Gasteiger partial charge in [-0.05, 0) is 102 Å². The van der Waals surface area contributed by atoms with Crippen molar-refractivity contribution in [2.45, 2.75) is 207 Å². The highest BCUT2D eigenvalue weighted by molar-refractivity contribution is 6.20. The molecular formula is C38H76Cl2O3. The summed E-state index contributed by atoms with van der Waals surface area (Å²) in [5.74, 6) is 2.74. The third kappa shape index (κ3) is 29.6. The van der Waals surface area contributed by atoms with Crippen LogP contribution >= 0.6 is 23.2 Å². The summed E-state index contributed by atoms with van der Waals surface area (Å²) in [4.78, 5) is 0. The minimum atomic E-state index is -0.175. The molecule has 43 heavy (non-hydrogen) atoms. The van der Waals surface area contributed by atoms with Crippen molar-refractivity contribution in [3.63, 3.8) is 0 Å². The van der Waals surface area contributed by atoms with E-state index < -0.39 is 0 Å². The molecule has 0 N–H and O–H groups in total. The van der Waals surface area contributed by atoms with E-state index in [1.807, 2.05) is 0 Å². The van der Waals surface area contributed by atoms with Gasteiger partial charge in [-0.25, -0.2) is 0 Å². The zero-order valence-electron chi connectivity index (χ0n) is 30.2. The van der Waals surface area contributed by atoms with Gasteiger partial charge in [-0.1, -0.05) is 106 Å². The standard InChI is InChI=1S/C38H76Cl2O3/c1-9-11-13-15-17-25-41-37(23-19-21-31(3)27-33(5)29-35(7)39)43-38(42-26-18-16-14-12-10-2)24-20-22-32(4)28-34(6)30-36(8)40/h31-38H,9-30H2,1-8H3. The van der Waals surface area contributed by atoms with Crippen LogP contribution in [-0.2, 0) is 14.2 Å². The van der Waals surface area contributed by atoms with Gasteiger partial charge >= 0.3 is 0 Å². The fourth-order valence-corrected chi connectivity index (χ4v) is 7.18. The molecule has 5 heteroatoms. The molecule has 0 spiro atoms. The SMILES string of the molecule is CCCCCCCOC(CCCC(C)CC(C)CC(C)Cl)OC(CCCC(C)CC(C)CC(C)Cl)OCCCCCCC. The molecule has 0 saturated heterocycles. The number of alkyl halides is 2. The predicted molar refractivity (Wildman–Crippen MR) is 192 cm³/mol. The first kappa shape index (κ1) is 43.5. The van der Waals surface area contributed by atoms with E-state index in [1.165, 1.54) is 77.0 Å². The molecular weight excluding hydrogens is 575 g/mol. The molecule has 0 bridgehead atoms. The van der Waals surface area contributed by atoms with E-state index in [2.05, 4.69) is 55.4 Å². The van der Waals surface area contributed by atoms with E-state index in [-0.39, 0.29) is 23.3 Å².